The molecule has 0 spiro atoms. The van der Waals surface area contributed by atoms with Crippen LogP contribution in [-0.2, 0) is 21.4 Å². The Morgan fingerprint density at radius 1 is 1.25 bits per heavy atom. The highest BCUT2D eigenvalue weighted by atomic mass is 35.5. The van der Waals surface area contributed by atoms with Crippen molar-refractivity contribution in [2.75, 3.05) is 6.26 Å². The molecule has 0 saturated carbocycles. The van der Waals surface area contributed by atoms with Crippen LogP contribution in [-0.4, -0.2) is 25.6 Å². The molecule has 1 unspecified atom stereocenters. The van der Waals surface area contributed by atoms with E-state index in [9.17, 15) is 13.2 Å². The van der Waals surface area contributed by atoms with Gasteiger partial charge in [-0.15, -0.1) is 0 Å². The van der Waals surface area contributed by atoms with Crippen molar-refractivity contribution in [3.05, 3.63) is 64.9 Å². The molecule has 6 nitrogen and oxygen atoms in total. The Morgan fingerprint density at radius 2 is 1.96 bits per heavy atom. The van der Waals surface area contributed by atoms with Gasteiger partial charge in [0, 0.05) is 30.4 Å². The fraction of sp³-hybridized carbons (Fsp3) is 0.250. The molecule has 24 heavy (non-hydrogen) atoms. The molecule has 0 aliphatic carbocycles. The molecule has 0 aliphatic heterocycles. The third-order valence-corrected chi connectivity index (χ3v) is 4.20. The Labute approximate surface area is 146 Å². The van der Waals surface area contributed by atoms with Gasteiger partial charge in [-0.3, -0.25) is 9.78 Å². The number of nitrogens with one attached hydrogen (secondary N) is 2. The number of aromatic nitrogens is 1. The smallest absolute Gasteiger partial charge is 0.222 e. The lowest BCUT2D eigenvalue weighted by atomic mass is 10.0. The van der Waals surface area contributed by atoms with Gasteiger partial charge in [0.2, 0.25) is 15.9 Å². The van der Waals surface area contributed by atoms with Crippen molar-refractivity contribution in [3.63, 3.8) is 0 Å². The summed E-state index contributed by atoms with van der Waals surface area (Å²) in [6.45, 7) is 0.332. The summed E-state index contributed by atoms with van der Waals surface area (Å²) in [4.78, 5) is 16.1. The van der Waals surface area contributed by atoms with E-state index in [1.54, 1.807) is 42.7 Å². The molecule has 1 aromatic heterocycles. The lowest BCUT2D eigenvalue weighted by Crippen LogP contribution is -2.33. The zero-order valence-corrected chi connectivity index (χ0v) is 14.6. The highest BCUT2D eigenvalue weighted by Gasteiger charge is 2.19. The van der Waals surface area contributed by atoms with Crippen LogP contribution in [0.3, 0.4) is 0 Å². The second-order valence-corrected chi connectivity index (χ2v) is 7.55. The van der Waals surface area contributed by atoms with Crippen LogP contribution in [0.2, 0.25) is 5.02 Å². The van der Waals surface area contributed by atoms with Crippen LogP contribution in [0.4, 0.5) is 0 Å². The number of pyridine rings is 1. The van der Waals surface area contributed by atoms with E-state index in [2.05, 4.69) is 15.0 Å². The molecule has 1 heterocycles. The molecule has 0 bridgehead atoms. The maximum atomic E-state index is 12.2. The zero-order valence-electron chi connectivity index (χ0n) is 13.1. The number of carbonyl (C=O) groups excluding carboxylic acids is 1. The van der Waals surface area contributed by atoms with E-state index >= 15 is 0 Å². The topological polar surface area (TPSA) is 88.2 Å². The third-order valence-electron chi connectivity index (χ3n) is 3.23. The molecule has 2 N–H and O–H groups in total. The highest BCUT2D eigenvalue weighted by Crippen LogP contribution is 2.20. The monoisotopic (exact) mass is 367 g/mol. The minimum Gasteiger partial charge on any atom is -0.352 e. The standard InChI is InChI=1S/C16H18ClN3O3S/c1-24(22,23)20-15(13-4-6-14(17)7-5-13)9-16(21)19-11-12-3-2-8-18-10-12/h2-8,10,15,20H,9,11H2,1H3,(H,19,21). The second-order valence-electron chi connectivity index (χ2n) is 5.34. The average Bonchev–Trinajstić information content (AvgIpc) is 2.53. The zero-order chi connectivity index (χ0) is 17.6. The fourth-order valence-electron chi connectivity index (χ4n) is 2.14. The molecule has 2 aromatic rings. The summed E-state index contributed by atoms with van der Waals surface area (Å²) in [6.07, 6.45) is 4.35. The minimum atomic E-state index is -3.47. The molecule has 0 aliphatic rings. The SMILES string of the molecule is CS(=O)(=O)NC(CC(=O)NCc1cccnc1)c1ccc(Cl)cc1. The van der Waals surface area contributed by atoms with Gasteiger partial charge in [-0.2, -0.15) is 0 Å². The maximum absolute atomic E-state index is 12.2. The Hall–Kier alpha value is -1.96. The molecule has 1 aromatic carbocycles. The van der Waals surface area contributed by atoms with Crippen molar-refractivity contribution in [1.82, 2.24) is 15.0 Å². The first-order valence-corrected chi connectivity index (χ1v) is 9.49. The van der Waals surface area contributed by atoms with Crippen molar-refractivity contribution in [3.8, 4) is 0 Å². The number of rotatable bonds is 7. The molecule has 8 heteroatoms. The Kier molecular flexibility index (Phi) is 6.30. The largest absolute Gasteiger partial charge is 0.352 e. The first-order valence-electron chi connectivity index (χ1n) is 7.22. The van der Waals surface area contributed by atoms with Gasteiger partial charge >= 0.3 is 0 Å². The van der Waals surface area contributed by atoms with Crippen LogP contribution < -0.4 is 10.0 Å². The molecule has 2 rings (SSSR count). The predicted molar refractivity (Wildman–Crippen MR) is 92.9 cm³/mol. The van der Waals surface area contributed by atoms with E-state index in [1.165, 1.54) is 0 Å². The van der Waals surface area contributed by atoms with Gasteiger partial charge in [0.1, 0.15) is 0 Å². The summed E-state index contributed by atoms with van der Waals surface area (Å²) >= 11 is 5.85. The fourth-order valence-corrected chi connectivity index (χ4v) is 3.00. The molecular formula is C16H18ClN3O3S. The van der Waals surface area contributed by atoms with E-state index in [4.69, 9.17) is 11.6 Å². The molecule has 0 fully saturated rings. The van der Waals surface area contributed by atoms with Gasteiger partial charge in [0.25, 0.3) is 0 Å². The number of carbonyl (C=O) groups is 1. The maximum Gasteiger partial charge on any atom is 0.222 e. The van der Waals surface area contributed by atoms with Crippen molar-refractivity contribution in [1.29, 1.82) is 0 Å². The first-order chi connectivity index (χ1) is 11.3. The molecule has 1 amide bonds. The van der Waals surface area contributed by atoms with Crippen LogP contribution in [0.15, 0.2) is 48.8 Å². The van der Waals surface area contributed by atoms with Crippen molar-refractivity contribution < 1.29 is 13.2 Å². The molecular weight excluding hydrogens is 350 g/mol. The Morgan fingerprint density at radius 3 is 2.54 bits per heavy atom. The summed E-state index contributed by atoms with van der Waals surface area (Å²) < 4.78 is 25.6. The van der Waals surface area contributed by atoms with Gasteiger partial charge in [-0.25, -0.2) is 13.1 Å². The van der Waals surface area contributed by atoms with Gasteiger partial charge < -0.3 is 5.32 Å². The number of hydrogen-bond acceptors (Lipinski definition) is 4. The summed E-state index contributed by atoms with van der Waals surface area (Å²) in [6, 6.07) is 9.66. The highest BCUT2D eigenvalue weighted by molar-refractivity contribution is 7.88. The molecule has 0 saturated heterocycles. The van der Waals surface area contributed by atoms with Gasteiger partial charge in [0.15, 0.2) is 0 Å². The van der Waals surface area contributed by atoms with Crippen LogP contribution >= 0.6 is 11.6 Å². The number of benzene rings is 1. The lowest BCUT2D eigenvalue weighted by molar-refractivity contribution is -0.121. The lowest BCUT2D eigenvalue weighted by Gasteiger charge is -2.18. The van der Waals surface area contributed by atoms with Gasteiger partial charge in [-0.1, -0.05) is 29.8 Å². The van der Waals surface area contributed by atoms with E-state index in [1.807, 2.05) is 6.07 Å². The summed E-state index contributed by atoms with van der Waals surface area (Å²) in [5.41, 5.74) is 1.53. The molecule has 128 valence electrons. The van der Waals surface area contributed by atoms with E-state index in [0.717, 1.165) is 11.8 Å². The number of hydrogen-bond donors (Lipinski definition) is 2. The van der Waals surface area contributed by atoms with Gasteiger partial charge in [0.05, 0.1) is 12.3 Å². The predicted octanol–water partition coefficient (Wildman–Crippen LogP) is 2.03. The second kappa shape index (κ2) is 8.23. The molecule has 0 radical (unpaired) electrons. The molecule has 1 atom stereocenters. The third kappa shape index (κ3) is 6.27. The van der Waals surface area contributed by atoms with Crippen LogP contribution in [0.1, 0.15) is 23.6 Å². The van der Waals surface area contributed by atoms with E-state index in [0.29, 0.717) is 17.1 Å². The van der Waals surface area contributed by atoms with Crippen molar-refractivity contribution >= 4 is 27.5 Å². The number of sulfonamides is 1. The Balaban J connectivity index is 2.04. The van der Waals surface area contributed by atoms with E-state index < -0.39 is 16.1 Å². The van der Waals surface area contributed by atoms with Crippen molar-refractivity contribution in [2.45, 2.75) is 19.0 Å². The summed E-state index contributed by atoms with van der Waals surface area (Å²) in [5.74, 6) is -0.269. The quantitative estimate of drug-likeness (QED) is 0.783. The number of amides is 1. The number of nitrogens with zero attached hydrogens (tertiary/aromatic N) is 1. The van der Waals surface area contributed by atoms with Crippen molar-refractivity contribution in [2.24, 2.45) is 0 Å². The van der Waals surface area contributed by atoms with E-state index in [-0.39, 0.29) is 12.3 Å². The van der Waals surface area contributed by atoms with Crippen LogP contribution in [0.25, 0.3) is 0 Å². The van der Waals surface area contributed by atoms with Gasteiger partial charge in [-0.05, 0) is 29.3 Å². The number of halogens is 1. The average molecular weight is 368 g/mol. The minimum absolute atomic E-state index is 0.0189. The summed E-state index contributed by atoms with van der Waals surface area (Å²) in [5, 5.41) is 3.30. The first kappa shape index (κ1) is 18.4. The Bertz CT molecular complexity index is 780. The summed E-state index contributed by atoms with van der Waals surface area (Å²) in [7, 11) is -3.47. The van der Waals surface area contributed by atoms with Crippen LogP contribution in [0.5, 0.6) is 0 Å². The van der Waals surface area contributed by atoms with Crippen LogP contribution in [0, 0.1) is 0 Å². The normalized spacial score (nSPS) is 12.6.